The number of anilines is 1. The first kappa shape index (κ1) is 20.5. The van der Waals surface area contributed by atoms with E-state index in [1.165, 1.54) is 17.0 Å². The normalized spacial score (nSPS) is 16.1. The molecule has 1 aliphatic heterocycles. The fourth-order valence-corrected chi connectivity index (χ4v) is 3.89. The first-order chi connectivity index (χ1) is 15.0. The number of aliphatic hydroxyl groups is 1. The molecule has 0 spiro atoms. The zero-order chi connectivity index (χ0) is 22.0. The van der Waals surface area contributed by atoms with Gasteiger partial charge in [-0.05, 0) is 37.1 Å². The molecule has 5 heteroatoms. The van der Waals surface area contributed by atoms with Crippen LogP contribution < -0.4 is 4.90 Å². The number of aliphatic hydroxyl groups excluding tert-OH is 1. The molecule has 1 aliphatic rings. The summed E-state index contributed by atoms with van der Waals surface area (Å²) < 4.78 is 14.8. The number of Topliss-reactive ketones (excluding diaryl/α,β-unsaturated/α-hetero) is 1. The second kappa shape index (κ2) is 8.56. The van der Waals surface area contributed by atoms with E-state index >= 15 is 0 Å². The summed E-state index contributed by atoms with van der Waals surface area (Å²) >= 11 is 0. The molecule has 0 bridgehead atoms. The number of amides is 1. The lowest BCUT2D eigenvalue weighted by atomic mass is 9.92. The molecule has 4 rings (SSSR count). The Morgan fingerprint density at radius 2 is 1.61 bits per heavy atom. The molecule has 0 fully saturated rings. The minimum Gasteiger partial charge on any atom is -0.503 e. The molecule has 1 atom stereocenters. The van der Waals surface area contributed by atoms with Crippen LogP contribution in [-0.4, -0.2) is 16.8 Å². The summed E-state index contributed by atoms with van der Waals surface area (Å²) in [5.74, 6) is -2.25. The molecule has 0 saturated heterocycles. The van der Waals surface area contributed by atoms with Crippen LogP contribution in [0.15, 0.2) is 90.2 Å². The number of hydrogen-bond donors (Lipinski definition) is 1. The third-order valence-corrected chi connectivity index (χ3v) is 5.50. The van der Waals surface area contributed by atoms with Gasteiger partial charge in [0, 0.05) is 17.7 Å². The molecule has 0 radical (unpaired) electrons. The fourth-order valence-electron chi connectivity index (χ4n) is 3.89. The zero-order valence-corrected chi connectivity index (χ0v) is 17.1. The predicted molar refractivity (Wildman–Crippen MR) is 117 cm³/mol. The van der Waals surface area contributed by atoms with E-state index in [0.717, 1.165) is 11.1 Å². The van der Waals surface area contributed by atoms with Gasteiger partial charge in [0.1, 0.15) is 5.82 Å². The maximum Gasteiger partial charge on any atom is 0.294 e. The van der Waals surface area contributed by atoms with Gasteiger partial charge in [-0.15, -0.1) is 0 Å². The molecule has 1 amide bonds. The van der Waals surface area contributed by atoms with Gasteiger partial charge in [-0.1, -0.05) is 66.2 Å². The van der Waals surface area contributed by atoms with Crippen LogP contribution in [0.3, 0.4) is 0 Å². The van der Waals surface area contributed by atoms with Gasteiger partial charge < -0.3 is 5.11 Å². The quantitative estimate of drug-likeness (QED) is 0.599. The molecule has 3 aromatic rings. The summed E-state index contributed by atoms with van der Waals surface area (Å²) in [6.45, 7) is 1.91. The Labute approximate surface area is 180 Å². The van der Waals surface area contributed by atoms with Crippen molar-refractivity contribution >= 4 is 17.4 Å². The second-order valence-corrected chi connectivity index (χ2v) is 7.61. The number of nitrogens with zero attached hydrogens (tertiary/aromatic N) is 1. The smallest absolute Gasteiger partial charge is 0.294 e. The average Bonchev–Trinajstić information content (AvgIpc) is 3.04. The van der Waals surface area contributed by atoms with E-state index in [9.17, 15) is 19.1 Å². The minimum atomic E-state index is -1.03. The number of ketones is 1. The molecule has 0 aliphatic carbocycles. The summed E-state index contributed by atoms with van der Waals surface area (Å²) in [5.41, 5.74) is 2.56. The lowest BCUT2D eigenvalue weighted by Gasteiger charge is -2.27. The SMILES string of the molecule is Cc1ccc(N2C(=O)C(O)=C(C(=O)CCc3ccccc3)C2c2ccccc2F)cc1. The molecule has 1 heterocycles. The Balaban J connectivity index is 1.74. The Bertz CT molecular complexity index is 1150. The van der Waals surface area contributed by atoms with Crippen molar-refractivity contribution in [2.75, 3.05) is 4.90 Å². The number of benzene rings is 3. The third-order valence-electron chi connectivity index (χ3n) is 5.50. The lowest BCUT2D eigenvalue weighted by molar-refractivity contribution is -0.118. The minimum absolute atomic E-state index is 0.0633. The van der Waals surface area contributed by atoms with Gasteiger partial charge in [0.15, 0.2) is 11.5 Å². The van der Waals surface area contributed by atoms with Gasteiger partial charge in [0.25, 0.3) is 5.91 Å². The summed E-state index contributed by atoms with van der Waals surface area (Å²) in [5, 5.41) is 10.7. The van der Waals surface area contributed by atoms with Crippen LogP contribution in [0.25, 0.3) is 0 Å². The van der Waals surface area contributed by atoms with E-state index in [-0.39, 0.29) is 23.3 Å². The van der Waals surface area contributed by atoms with Crippen LogP contribution >= 0.6 is 0 Å². The molecule has 31 heavy (non-hydrogen) atoms. The van der Waals surface area contributed by atoms with Crippen LogP contribution in [0.2, 0.25) is 0 Å². The summed E-state index contributed by atoms with van der Waals surface area (Å²) in [4.78, 5) is 27.5. The molecule has 0 aromatic heterocycles. The van der Waals surface area contributed by atoms with Crippen LogP contribution in [0.4, 0.5) is 10.1 Å². The van der Waals surface area contributed by atoms with Crippen molar-refractivity contribution in [2.24, 2.45) is 0 Å². The highest BCUT2D eigenvalue weighted by Crippen LogP contribution is 2.42. The first-order valence-electron chi connectivity index (χ1n) is 10.1. The summed E-state index contributed by atoms with van der Waals surface area (Å²) in [6, 6.07) is 21.6. The molecule has 0 saturated carbocycles. The van der Waals surface area contributed by atoms with Crippen molar-refractivity contribution in [1.29, 1.82) is 0 Å². The molecular formula is C26H22FNO3. The highest BCUT2D eigenvalue weighted by molar-refractivity contribution is 6.16. The van der Waals surface area contributed by atoms with Gasteiger partial charge in [-0.2, -0.15) is 0 Å². The highest BCUT2D eigenvalue weighted by atomic mass is 19.1. The Kier molecular flexibility index (Phi) is 5.67. The molecular weight excluding hydrogens is 393 g/mol. The molecule has 1 unspecified atom stereocenters. The van der Waals surface area contributed by atoms with Crippen LogP contribution in [0.1, 0.15) is 29.2 Å². The summed E-state index contributed by atoms with van der Waals surface area (Å²) in [6.07, 6.45) is 0.558. The molecule has 156 valence electrons. The summed E-state index contributed by atoms with van der Waals surface area (Å²) in [7, 11) is 0. The van der Waals surface area contributed by atoms with Gasteiger partial charge >= 0.3 is 0 Å². The van der Waals surface area contributed by atoms with Gasteiger partial charge in [-0.3, -0.25) is 14.5 Å². The van der Waals surface area contributed by atoms with Crippen molar-refractivity contribution in [1.82, 2.24) is 0 Å². The maximum absolute atomic E-state index is 14.8. The monoisotopic (exact) mass is 415 g/mol. The number of hydrogen-bond acceptors (Lipinski definition) is 3. The van der Waals surface area contributed by atoms with Crippen molar-refractivity contribution < 1.29 is 19.1 Å². The largest absolute Gasteiger partial charge is 0.503 e. The number of carbonyl (C=O) groups excluding carboxylic acids is 2. The number of rotatable bonds is 6. The van der Waals surface area contributed by atoms with Gasteiger partial charge in [-0.25, -0.2) is 4.39 Å². The topological polar surface area (TPSA) is 57.6 Å². The van der Waals surface area contributed by atoms with Gasteiger partial charge in [0.05, 0.1) is 11.6 Å². The Morgan fingerprint density at radius 1 is 0.968 bits per heavy atom. The van der Waals surface area contributed by atoms with E-state index < -0.39 is 23.5 Å². The first-order valence-corrected chi connectivity index (χ1v) is 10.1. The van der Waals surface area contributed by atoms with E-state index in [0.29, 0.717) is 12.1 Å². The van der Waals surface area contributed by atoms with Crippen molar-refractivity contribution in [3.8, 4) is 0 Å². The Morgan fingerprint density at radius 3 is 2.29 bits per heavy atom. The van der Waals surface area contributed by atoms with Crippen molar-refractivity contribution in [3.05, 3.63) is 113 Å². The number of aryl methyl sites for hydroxylation is 2. The lowest BCUT2D eigenvalue weighted by Crippen LogP contribution is -2.31. The number of carbonyl (C=O) groups is 2. The molecule has 4 nitrogen and oxygen atoms in total. The maximum atomic E-state index is 14.8. The van der Waals surface area contributed by atoms with Crippen LogP contribution in [0, 0.1) is 12.7 Å². The van der Waals surface area contributed by atoms with Crippen molar-refractivity contribution in [2.45, 2.75) is 25.8 Å². The second-order valence-electron chi connectivity index (χ2n) is 7.61. The standard InChI is InChI=1S/C26H22FNO3/c1-17-11-14-19(15-12-17)28-24(20-9-5-6-10-21(20)27)23(25(30)26(28)31)22(29)16-13-18-7-3-2-4-8-18/h2-12,14-15,24,30H,13,16H2,1H3. The predicted octanol–water partition coefficient (Wildman–Crippen LogP) is 5.24. The van der Waals surface area contributed by atoms with Crippen molar-refractivity contribution in [3.63, 3.8) is 0 Å². The van der Waals surface area contributed by atoms with Crippen LogP contribution in [-0.2, 0) is 16.0 Å². The zero-order valence-electron chi connectivity index (χ0n) is 17.1. The third kappa shape index (κ3) is 3.99. The van der Waals surface area contributed by atoms with E-state index in [1.807, 2.05) is 49.4 Å². The number of halogens is 1. The Hall–Kier alpha value is -3.73. The molecule has 1 N–H and O–H groups in total. The average molecular weight is 415 g/mol. The van der Waals surface area contributed by atoms with E-state index in [1.54, 1.807) is 24.3 Å². The van der Waals surface area contributed by atoms with Gasteiger partial charge in [0.2, 0.25) is 0 Å². The van der Waals surface area contributed by atoms with E-state index in [4.69, 9.17) is 0 Å². The highest BCUT2D eigenvalue weighted by Gasteiger charge is 2.44. The van der Waals surface area contributed by atoms with Crippen LogP contribution in [0.5, 0.6) is 0 Å². The van der Waals surface area contributed by atoms with E-state index in [2.05, 4.69) is 0 Å². The fraction of sp³-hybridized carbons (Fsp3) is 0.154. The molecule has 3 aromatic carbocycles.